The van der Waals surface area contributed by atoms with Gasteiger partial charge in [-0.25, -0.2) is 0 Å². The summed E-state index contributed by atoms with van der Waals surface area (Å²) >= 11 is 1.83. The smallest absolute Gasteiger partial charge is 0.0460 e. The number of nitrogens with two attached hydrogens (primary N) is 1. The highest BCUT2D eigenvalue weighted by Gasteiger charge is 2.19. The fraction of sp³-hybridized carbons (Fsp3) is 0.556. The van der Waals surface area contributed by atoms with Crippen molar-refractivity contribution in [3.05, 3.63) is 15.8 Å². The maximum absolute atomic E-state index is 5.86. The van der Waals surface area contributed by atoms with Crippen LogP contribution >= 0.6 is 11.3 Å². The molecule has 1 heterocycles. The molecule has 0 bridgehead atoms. The number of fused-ring (bicyclic) bond motifs is 1. The van der Waals surface area contributed by atoms with Crippen molar-refractivity contribution in [2.45, 2.75) is 32.1 Å². The van der Waals surface area contributed by atoms with Crippen LogP contribution in [0.15, 0.2) is 5.38 Å². The molecule has 60 valence electrons. The Morgan fingerprint density at radius 3 is 3.18 bits per heavy atom. The van der Waals surface area contributed by atoms with Gasteiger partial charge in [-0.2, -0.15) is 0 Å². The average Bonchev–Trinajstić information content (AvgIpc) is 2.34. The number of aryl methyl sites for hydroxylation is 1. The fourth-order valence-electron chi connectivity index (χ4n) is 1.89. The van der Waals surface area contributed by atoms with Crippen LogP contribution in [-0.2, 0) is 6.42 Å². The number of nitrogen functional groups attached to an aromatic ring is 1. The number of thiophene rings is 1. The lowest BCUT2D eigenvalue weighted by atomic mass is 9.88. The third kappa shape index (κ3) is 1.06. The van der Waals surface area contributed by atoms with Crippen molar-refractivity contribution in [3.63, 3.8) is 0 Å². The zero-order chi connectivity index (χ0) is 7.84. The van der Waals surface area contributed by atoms with Gasteiger partial charge in [0.2, 0.25) is 0 Å². The molecular formula is C9H13NS. The zero-order valence-electron chi connectivity index (χ0n) is 6.76. The van der Waals surface area contributed by atoms with Gasteiger partial charge in [-0.1, -0.05) is 6.92 Å². The van der Waals surface area contributed by atoms with Gasteiger partial charge in [-0.15, -0.1) is 11.3 Å². The standard InChI is InChI=1S/C9H13NS/c1-6-3-2-4-8-9(6)7(10)5-11-8/h5-6H,2-4,10H2,1H3. The molecule has 1 aliphatic rings. The molecule has 0 aromatic carbocycles. The van der Waals surface area contributed by atoms with E-state index < -0.39 is 0 Å². The summed E-state index contributed by atoms with van der Waals surface area (Å²) < 4.78 is 0. The van der Waals surface area contributed by atoms with E-state index in [9.17, 15) is 0 Å². The van der Waals surface area contributed by atoms with Crippen LogP contribution in [0.25, 0.3) is 0 Å². The fourth-order valence-corrected chi connectivity index (χ4v) is 2.99. The number of anilines is 1. The molecule has 1 aromatic rings. The summed E-state index contributed by atoms with van der Waals surface area (Å²) in [4.78, 5) is 1.53. The van der Waals surface area contributed by atoms with E-state index in [-0.39, 0.29) is 0 Å². The largest absolute Gasteiger partial charge is 0.398 e. The molecule has 0 amide bonds. The predicted molar refractivity (Wildman–Crippen MR) is 50.1 cm³/mol. The number of rotatable bonds is 0. The maximum atomic E-state index is 5.86. The molecule has 0 spiro atoms. The Morgan fingerprint density at radius 1 is 1.64 bits per heavy atom. The molecule has 11 heavy (non-hydrogen) atoms. The summed E-state index contributed by atoms with van der Waals surface area (Å²) in [7, 11) is 0. The summed E-state index contributed by atoms with van der Waals surface area (Å²) in [6, 6.07) is 0. The van der Waals surface area contributed by atoms with Crippen molar-refractivity contribution >= 4 is 17.0 Å². The summed E-state index contributed by atoms with van der Waals surface area (Å²) in [5.41, 5.74) is 8.33. The highest BCUT2D eigenvalue weighted by atomic mass is 32.1. The quantitative estimate of drug-likeness (QED) is 0.631. The van der Waals surface area contributed by atoms with Crippen molar-refractivity contribution in [1.82, 2.24) is 0 Å². The molecule has 1 atom stereocenters. The van der Waals surface area contributed by atoms with Crippen LogP contribution in [0.5, 0.6) is 0 Å². The summed E-state index contributed by atoms with van der Waals surface area (Å²) in [5, 5.41) is 2.09. The monoisotopic (exact) mass is 167 g/mol. The van der Waals surface area contributed by atoms with Gasteiger partial charge >= 0.3 is 0 Å². The van der Waals surface area contributed by atoms with Crippen LogP contribution < -0.4 is 5.73 Å². The Balaban J connectivity index is 2.48. The highest BCUT2D eigenvalue weighted by molar-refractivity contribution is 7.10. The van der Waals surface area contributed by atoms with Crippen molar-refractivity contribution < 1.29 is 0 Å². The van der Waals surface area contributed by atoms with E-state index in [0.29, 0.717) is 5.92 Å². The third-order valence-corrected chi connectivity index (χ3v) is 3.55. The van der Waals surface area contributed by atoms with E-state index in [2.05, 4.69) is 12.3 Å². The summed E-state index contributed by atoms with van der Waals surface area (Å²) in [5.74, 6) is 0.699. The lowest BCUT2D eigenvalue weighted by molar-refractivity contribution is 0.600. The van der Waals surface area contributed by atoms with Crippen LogP contribution in [0.4, 0.5) is 5.69 Å². The second kappa shape index (κ2) is 2.52. The van der Waals surface area contributed by atoms with Gasteiger partial charge in [0.15, 0.2) is 0 Å². The second-order valence-corrected chi connectivity index (χ2v) is 4.29. The van der Waals surface area contributed by atoms with E-state index in [0.717, 1.165) is 5.69 Å². The van der Waals surface area contributed by atoms with Gasteiger partial charge in [0.1, 0.15) is 0 Å². The Kier molecular flexibility index (Phi) is 1.64. The highest BCUT2D eigenvalue weighted by Crippen LogP contribution is 2.38. The molecular weight excluding hydrogens is 154 g/mol. The van der Waals surface area contributed by atoms with Gasteiger partial charge in [-0.3, -0.25) is 0 Å². The Bertz CT molecular complexity index is 265. The first kappa shape index (κ1) is 7.17. The zero-order valence-corrected chi connectivity index (χ0v) is 7.58. The molecule has 1 aliphatic carbocycles. The minimum atomic E-state index is 0.699. The molecule has 0 fully saturated rings. The average molecular weight is 167 g/mol. The van der Waals surface area contributed by atoms with Crippen LogP contribution in [0.1, 0.15) is 36.1 Å². The minimum Gasteiger partial charge on any atom is -0.398 e. The topological polar surface area (TPSA) is 26.0 Å². The molecule has 2 rings (SSSR count). The molecule has 0 radical (unpaired) electrons. The molecule has 1 nitrogen and oxygen atoms in total. The van der Waals surface area contributed by atoms with E-state index in [4.69, 9.17) is 5.73 Å². The Hall–Kier alpha value is -0.500. The van der Waals surface area contributed by atoms with Crippen LogP contribution in [0, 0.1) is 0 Å². The summed E-state index contributed by atoms with van der Waals surface area (Å²) in [6.45, 7) is 2.28. The molecule has 0 saturated carbocycles. The lowest BCUT2D eigenvalue weighted by Crippen LogP contribution is -2.05. The molecule has 0 aliphatic heterocycles. The van der Waals surface area contributed by atoms with Gasteiger partial charge in [0, 0.05) is 15.9 Å². The minimum absolute atomic E-state index is 0.699. The normalized spacial score (nSPS) is 23.2. The second-order valence-electron chi connectivity index (χ2n) is 3.32. The van der Waals surface area contributed by atoms with E-state index in [1.807, 2.05) is 11.3 Å². The van der Waals surface area contributed by atoms with Crippen molar-refractivity contribution in [2.24, 2.45) is 0 Å². The van der Waals surface area contributed by atoms with Gasteiger partial charge < -0.3 is 5.73 Å². The van der Waals surface area contributed by atoms with Crippen molar-refractivity contribution in [2.75, 3.05) is 5.73 Å². The molecule has 2 heteroatoms. The van der Waals surface area contributed by atoms with Gasteiger partial charge in [-0.05, 0) is 30.7 Å². The van der Waals surface area contributed by atoms with Gasteiger partial charge in [0.25, 0.3) is 0 Å². The first-order valence-electron chi connectivity index (χ1n) is 4.15. The SMILES string of the molecule is CC1CCCc2scc(N)c21. The molecule has 1 aromatic heterocycles. The van der Waals surface area contributed by atoms with Crippen LogP contribution in [0.3, 0.4) is 0 Å². The number of hydrogen-bond acceptors (Lipinski definition) is 2. The first-order valence-corrected chi connectivity index (χ1v) is 5.02. The van der Waals surface area contributed by atoms with E-state index >= 15 is 0 Å². The third-order valence-electron chi connectivity index (χ3n) is 2.47. The van der Waals surface area contributed by atoms with Crippen molar-refractivity contribution in [3.8, 4) is 0 Å². The molecule has 1 unspecified atom stereocenters. The van der Waals surface area contributed by atoms with Crippen LogP contribution in [0.2, 0.25) is 0 Å². The maximum Gasteiger partial charge on any atom is 0.0460 e. The Labute approximate surface area is 71.2 Å². The van der Waals surface area contributed by atoms with E-state index in [1.165, 1.54) is 29.7 Å². The summed E-state index contributed by atoms with van der Waals surface area (Å²) in [6.07, 6.45) is 3.91. The predicted octanol–water partition coefficient (Wildman–Crippen LogP) is 2.77. The van der Waals surface area contributed by atoms with Gasteiger partial charge in [0.05, 0.1) is 0 Å². The molecule has 0 saturated heterocycles. The number of hydrogen-bond donors (Lipinski definition) is 1. The first-order chi connectivity index (χ1) is 5.29. The molecule has 2 N–H and O–H groups in total. The lowest BCUT2D eigenvalue weighted by Gasteiger charge is -2.18. The van der Waals surface area contributed by atoms with Crippen LogP contribution in [-0.4, -0.2) is 0 Å². The Morgan fingerprint density at radius 2 is 2.45 bits per heavy atom. The van der Waals surface area contributed by atoms with Crippen molar-refractivity contribution in [1.29, 1.82) is 0 Å². The van der Waals surface area contributed by atoms with E-state index in [1.54, 1.807) is 0 Å².